The van der Waals surface area contributed by atoms with Crippen molar-refractivity contribution in [3.8, 4) is 11.6 Å². The molecule has 0 saturated carbocycles. The molecule has 2 aromatic rings. The summed E-state index contributed by atoms with van der Waals surface area (Å²) in [6, 6.07) is 4.13. The Balaban J connectivity index is 2.22. The number of halogens is 3. The predicted octanol–water partition coefficient (Wildman–Crippen LogP) is 3.80. The zero-order valence-electron chi connectivity index (χ0n) is 8.53. The van der Waals surface area contributed by atoms with E-state index in [1.165, 1.54) is 24.5 Å². The molecule has 0 aliphatic heterocycles. The molecule has 1 aromatic heterocycles. The summed E-state index contributed by atoms with van der Waals surface area (Å²) in [5.74, 6) is 0.238. The van der Waals surface area contributed by atoms with Crippen molar-refractivity contribution in [3.05, 3.63) is 47.1 Å². The van der Waals surface area contributed by atoms with Crippen LogP contribution in [0.5, 0.6) is 11.6 Å². The fourth-order valence-electron chi connectivity index (χ4n) is 1.16. The molecule has 1 heterocycles. The summed E-state index contributed by atoms with van der Waals surface area (Å²) in [6.45, 7) is 0. The van der Waals surface area contributed by atoms with Crippen LogP contribution in [-0.4, -0.2) is 9.97 Å². The Kier molecular flexibility index (Phi) is 3.76. The molecule has 1 aromatic carbocycles. The largest absolute Gasteiger partial charge is 0.437 e. The molecule has 17 heavy (non-hydrogen) atoms. The molecule has 0 atom stereocenters. The van der Waals surface area contributed by atoms with Crippen molar-refractivity contribution in [2.24, 2.45) is 0 Å². The highest BCUT2D eigenvalue weighted by Gasteiger charge is 2.04. The number of rotatable bonds is 3. The van der Waals surface area contributed by atoms with Crippen molar-refractivity contribution in [2.75, 3.05) is 0 Å². The van der Waals surface area contributed by atoms with Crippen LogP contribution < -0.4 is 4.74 Å². The third-order valence-electron chi connectivity index (χ3n) is 1.91. The van der Waals surface area contributed by atoms with Crippen LogP contribution in [0.15, 0.2) is 30.6 Å². The second-order valence-corrected chi connectivity index (χ2v) is 3.83. The smallest absolute Gasteiger partial charge is 0.238 e. The Morgan fingerprint density at radius 2 is 2.12 bits per heavy atom. The maximum Gasteiger partial charge on any atom is 0.238 e. The predicted molar refractivity (Wildman–Crippen MR) is 63.1 cm³/mol. The summed E-state index contributed by atoms with van der Waals surface area (Å²) in [6.07, 6.45) is 2.95. The third-order valence-corrected chi connectivity index (χ3v) is 2.49. The van der Waals surface area contributed by atoms with Crippen LogP contribution in [0.1, 0.15) is 5.69 Å². The second kappa shape index (κ2) is 5.29. The Morgan fingerprint density at radius 3 is 2.82 bits per heavy atom. The molecule has 2 rings (SSSR count). The van der Waals surface area contributed by atoms with E-state index >= 15 is 0 Å². The average molecular weight is 273 g/mol. The van der Waals surface area contributed by atoms with E-state index in [1.807, 2.05) is 0 Å². The van der Waals surface area contributed by atoms with Gasteiger partial charge in [0.05, 0.1) is 22.8 Å². The number of ether oxygens (including phenoxy) is 1. The van der Waals surface area contributed by atoms with Gasteiger partial charge in [-0.2, -0.15) is 0 Å². The van der Waals surface area contributed by atoms with Gasteiger partial charge in [0.2, 0.25) is 5.88 Å². The van der Waals surface area contributed by atoms with Crippen LogP contribution in [0.4, 0.5) is 4.39 Å². The fourth-order valence-corrected chi connectivity index (χ4v) is 1.41. The highest BCUT2D eigenvalue weighted by atomic mass is 35.5. The number of hydrogen-bond acceptors (Lipinski definition) is 3. The lowest BCUT2D eigenvalue weighted by Gasteiger charge is -2.05. The van der Waals surface area contributed by atoms with Crippen molar-refractivity contribution in [2.45, 2.75) is 5.88 Å². The molecule has 0 saturated heterocycles. The van der Waals surface area contributed by atoms with Gasteiger partial charge >= 0.3 is 0 Å². The zero-order chi connectivity index (χ0) is 12.3. The maximum atomic E-state index is 13.2. The lowest BCUT2D eigenvalue weighted by atomic mass is 10.3. The SMILES string of the molecule is Fc1cc(Oc2cncc(CCl)n2)ccc1Cl. The molecule has 88 valence electrons. The van der Waals surface area contributed by atoms with Crippen molar-refractivity contribution < 1.29 is 9.13 Å². The van der Waals surface area contributed by atoms with E-state index in [2.05, 4.69) is 9.97 Å². The lowest BCUT2D eigenvalue weighted by molar-refractivity contribution is 0.454. The van der Waals surface area contributed by atoms with E-state index in [1.54, 1.807) is 6.07 Å². The minimum absolute atomic E-state index is 0.0398. The van der Waals surface area contributed by atoms with E-state index < -0.39 is 5.82 Å². The van der Waals surface area contributed by atoms with E-state index in [0.717, 1.165) is 0 Å². The van der Waals surface area contributed by atoms with Gasteiger partial charge in [-0.05, 0) is 12.1 Å². The van der Waals surface area contributed by atoms with Crippen LogP contribution in [0.25, 0.3) is 0 Å². The van der Waals surface area contributed by atoms with Crippen LogP contribution in [0.2, 0.25) is 5.02 Å². The van der Waals surface area contributed by atoms with Crippen molar-refractivity contribution >= 4 is 23.2 Å². The maximum absolute atomic E-state index is 13.2. The number of aromatic nitrogens is 2. The number of nitrogens with zero attached hydrogens (tertiary/aromatic N) is 2. The zero-order valence-corrected chi connectivity index (χ0v) is 10.0. The second-order valence-electron chi connectivity index (χ2n) is 3.16. The first kappa shape index (κ1) is 12.1. The summed E-state index contributed by atoms with van der Waals surface area (Å²) in [7, 11) is 0. The topological polar surface area (TPSA) is 35.0 Å². The summed E-state index contributed by atoms with van der Waals surface area (Å²) < 4.78 is 18.5. The quantitative estimate of drug-likeness (QED) is 0.798. The van der Waals surface area contributed by atoms with Gasteiger partial charge < -0.3 is 4.74 Å². The molecule has 0 bridgehead atoms. The van der Waals surface area contributed by atoms with Gasteiger partial charge in [-0.1, -0.05) is 11.6 Å². The van der Waals surface area contributed by atoms with Crippen LogP contribution >= 0.6 is 23.2 Å². The Labute approximate surface area is 107 Å². The molecule has 0 spiro atoms. The van der Waals surface area contributed by atoms with E-state index in [-0.39, 0.29) is 16.8 Å². The normalized spacial score (nSPS) is 10.3. The van der Waals surface area contributed by atoms with Gasteiger partial charge in [-0.15, -0.1) is 11.6 Å². The highest BCUT2D eigenvalue weighted by molar-refractivity contribution is 6.30. The molecule has 0 fully saturated rings. The fraction of sp³-hybridized carbons (Fsp3) is 0.0909. The first-order valence-electron chi connectivity index (χ1n) is 4.69. The van der Waals surface area contributed by atoms with Gasteiger partial charge in [0.25, 0.3) is 0 Å². The number of benzene rings is 1. The summed E-state index contributed by atoms with van der Waals surface area (Å²) in [5, 5.41) is 0.0398. The van der Waals surface area contributed by atoms with Crippen molar-refractivity contribution in [1.82, 2.24) is 9.97 Å². The summed E-state index contributed by atoms with van der Waals surface area (Å²) in [5.41, 5.74) is 0.582. The summed E-state index contributed by atoms with van der Waals surface area (Å²) >= 11 is 11.2. The van der Waals surface area contributed by atoms with Gasteiger partial charge in [-0.25, -0.2) is 9.37 Å². The molecular formula is C11H7Cl2FN2O. The molecule has 0 aliphatic carbocycles. The standard InChI is InChI=1S/C11H7Cl2FN2O/c12-4-7-5-15-6-11(16-7)17-8-1-2-9(13)10(14)3-8/h1-3,5-6H,4H2. The van der Waals surface area contributed by atoms with Gasteiger partial charge in [-0.3, -0.25) is 4.98 Å². The lowest BCUT2D eigenvalue weighted by Crippen LogP contribution is -1.93. The first-order valence-corrected chi connectivity index (χ1v) is 5.60. The average Bonchev–Trinajstić information content (AvgIpc) is 2.34. The van der Waals surface area contributed by atoms with E-state index in [9.17, 15) is 4.39 Å². The van der Waals surface area contributed by atoms with Crippen LogP contribution in [-0.2, 0) is 5.88 Å². The van der Waals surface area contributed by atoms with E-state index in [0.29, 0.717) is 11.4 Å². The van der Waals surface area contributed by atoms with E-state index in [4.69, 9.17) is 27.9 Å². The Bertz CT molecular complexity index is 537. The first-order chi connectivity index (χ1) is 8.19. The Morgan fingerprint density at radius 1 is 1.29 bits per heavy atom. The van der Waals surface area contributed by atoms with Crippen molar-refractivity contribution in [3.63, 3.8) is 0 Å². The number of hydrogen-bond donors (Lipinski definition) is 0. The molecule has 0 N–H and O–H groups in total. The van der Waals surface area contributed by atoms with Crippen LogP contribution in [0, 0.1) is 5.82 Å². The summed E-state index contributed by atoms with van der Waals surface area (Å²) in [4.78, 5) is 7.97. The minimum Gasteiger partial charge on any atom is -0.437 e. The van der Waals surface area contributed by atoms with Crippen molar-refractivity contribution in [1.29, 1.82) is 0 Å². The molecule has 0 unspecified atom stereocenters. The molecule has 3 nitrogen and oxygen atoms in total. The van der Waals surface area contributed by atoms with Gasteiger partial charge in [0, 0.05) is 12.3 Å². The minimum atomic E-state index is -0.550. The third kappa shape index (κ3) is 3.05. The van der Waals surface area contributed by atoms with Gasteiger partial charge in [0.1, 0.15) is 11.6 Å². The molecule has 0 aliphatic rings. The number of alkyl halides is 1. The monoisotopic (exact) mass is 272 g/mol. The molecule has 6 heteroatoms. The molecule has 0 radical (unpaired) electrons. The molecular weight excluding hydrogens is 266 g/mol. The Hall–Kier alpha value is -1.39. The van der Waals surface area contributed by atoms with Crippen LogP contribution in [0.3, 0.4) is 0 Å². The molecule has 0 amide bonds. The highest BCUT2D eigenvalue weighted by Crippen LogP contribution is 2.24. The van der Waals surface area contributed by atoms with Gasteiger partial charge in [0.15, 0.2) is 0 Å².